The highest BCUT2D eigenvalue weighted by Gasteiger charge is 2.34. The number of carbonyl (C=O) groups excluding carboxylic acids is 1. The SMILES string of the molecule is CSc1nnc2ccc(NC(=O)c3ccc(C(F)(F)F)cc3[N+](=O)[O-])cn12. The van der Waals surface area contributed by atoms with E-state index in [1.807, 2.05) is 0 Å². The lowest BCUT2D eigenvalue weighted by Crippen LogP contribution is -2.15. The van der Waals surface area contributed by atoms with Gasteiger partial charge in [-0.05, 0) is 30.5 Å². The molecular weight excluding hydrogens is 387 g/mol. The first-order valence-electron chi connectivity index (χ1n) is 7.26. The van der Waals surface area contributed by atoms with Crippen LogP contribution in [0, 0.1) is 10.1 Å². The maximum absolute atomic E-state index is 12.8. The Balaban J connectivity index is 1.95. The number of carbonyl (C=O) groups is 1. The summed E-state index contributed by atoms with van der Waals surface area (Å²) in [6.07, 6.45) is -1.46. The van der Waals surface area contributed by atoms with Crippen molar-refractivity contribution in [3.8, 4) is 0 Å². The van der Waals surface area contributed by atoms with E-state index in [0.717, 1.165) is 6.07 Å². The summed E-state index contributed by atoms with van der Waals surface area (Å²) in [6, 6.07) is 4.81. The molecule has 1 amide bonds. The number of pyridine rings is 1. The van der Waals surface area contributed by atoms with Crippen molar-refractivity contribution in [1.82, 2.24) is 14.6 Å². The van der Waals surface area contributed by atoms with Gasteiger partial charge in [0.05, 0.1) is 16.2 Å². The summed E-state index contributed by atoms with van der Waals surface area (Å²) in [5.41, 5.74) is -1.82. The van der Waals surface area contributed by atoms with Crippen LogP contribution in [0.2, 0.25) is 0 Å². The molecule has 0 atom stereocenters. The van der Waals surface area contributed by atoms with Crippen molar-refractivity contribution in [3.63, 3.8) is 0 Å². The lowest BCUT2D eigenvalue weighted by Gasteiger charge is -2.10. The number of amides is 1. The van der Waals surface area contributed by atoms with E-state index in [1.54, 1.807) is 16.7 Å². The van der Waals surface area contributed by atoms with Crippen LogP contribution < -0.4 is 5.32 Å². The van der Waals surface area contributed by atoms with Crippen molar-refractivity contribution in [1.29, 1.82) is 0 Å². The third-order valence-corrected chi connectivity index (χ3v) is 4.22. The van der Waals surface area contributed by atoms with E-state index in [0.29, 0.717) is 22.9 Å². The van der Waals surface area contributed by atoms with Gasteiger partial charge in [0.1, 0.15) is 5.56 Å². The number of anilines is 1. The molecule has 0 saturated heterocycles. The molecule has 0 aliphatic carbocycles. The lowest BCUT2D eigenvalue weighted by atomic mass is 10.1. The Morgan fingerprint density at radius 3 is 2.63 bits per heavy atom. The number of nitro benzene ring substituents is 1. The smallest absolute Gasteiger partial charge is 0.320 e. The molecule has 0 radical (unpaired) electrons. The van der Waals surface area contributed by atoms with Crippen molar-refractivity contribution in [2.45, 2.75) is 11.3 Å². The Morgan fingerprint density at radius 1 is 1.26 bits per heavy atom. The Kier molecular flexibility index (Phi) is 4.74. The minimum absolute atomic E-state index is 0.275. The molecule has 0 aliphatic rings. The number of rotatable bonds is 4. The third kappa shape index (κ3) is 3.69. The molecule has 0 saturated carbocycles. The van der Waals surface area contributed by atoms with Gasteiger partial charge in [-0.25, -0.2) is 0 Å². The molecule has 140 valence electrons. The van der Waals surface area contributed by atoms with Gasteiger partial charge in [-0.2, -0.15) is 13.2 Å². The van der Waals surface area contributed by atoms with Crippen molar-refractivity contribution >= 4 is 34.7 Å². The summed E-state index contributed by atoms with van der Waals surface area (Å²) >= 11 is 1.32. The highest BCUT2D eigenvalue weighted by Crippen LogP contribution is 2.33. The number of nitrogens with zero attached hydrogens (tertiary/aromatic N) is 4. The molecule has 0 bridgehead atoms. The van der Waals surface area contributed by atoms with Crippen LogP contribution in [0.1, 0.15) is 15.9 Å². The number of alkyl halides is 3. The van der Waals surface area contributed by atoms with E-state index >= 15 is 0 Å². The van der Waals surface area contributed by atoms with Crippen LogP contribution in [0.25, 0.3) is 5.65 Å². The fourth-order valence-electron chi connectivity index (χ4n) is 2.33. The molecule has 2 aromatic heterocycles. The number of fused-ring (bicyclic) bond motifs is 1. The van der Waals surface area contributed by atoms with Crippen molar-refractivity contribution in [2.75, 3.05) is 11.6 Å². The van der Waals surface area contributed by atoms with Gasteiger partial charge in [0, 0.05) is 12.3 Å². The first-order valence-corrected chi connectivity index (χ1v) is 8.49. The van der Waals surface area contributed by atoms with Gasteiger partial charge in [0.25, 0.3) is 11.6 Å². The van der Waals surface area contributed by atoms with E-state index in [-0.39, 0.29) is 5.69 Å². The van der Waals surface area contributed by atoms with Crippen molar-refractivity contribution in [3.05, 3.63) is 57.8 Å². The number of hydrogen-bond donors (Lipinski definition) is 1. The number of hydrogen-bond acceptors (Lipinski definition) is 6. The average Bonchev–Trinajstić information content (AvgIpc) is 3.02. The summed E-state index contributed by atoms with van der Waals surface area (Å²) < 4.78 is 39.9. The minimum atomic E-state index is -4.76. The van der Waals surface area contributed by atoms with Crippen molar-refractivity contribution in [2.24, 2.45) is 0 Å². The van der Waals surface area contributed by atoms with E-state index in [2.05, 4.69) is 15.5 Å². The second-order valence-corrected chi connectivity index (χ2v) is 6.05. The number of benzene rings is 1. The molecule has 0 aliphatic heterocycles. The molecule has 3 aromatic rings. The first-order chi connectivity index (χ1) is 12.7. The van der Waals surface area contributed by atoms with Crippen LogP contribution in [-0.2, 0) is 6.18 Å². The molecule has 2 heterocycles. The van der Waals surface area contributed by atoms with Gasteiger partial charge in [0.15, 0.2) is 10.8 Å². The van der Waals surface area contributed by atoms with Gasteiger partial charge < -0.3 is 5.32 Å². The minimum Gasteiger partial charge on any atom is -0.320 e. The standard InChI is InChI=1S/C15H10F3N5O3S/c1-27-14-21-20-12-5-3-9(7-22(12)14)19-13(24)10-4-2-8(15(16,17)18)6-11(10)23(25)26/h2-7H,1H3,(H,19,24). The molecule has 1 aromatic carbocycles. The van der Waals surface area contributed by atoms with Gasteiger partial charge >= 0.3 is 6.18 Å². The van der Waals surface area contributed by atoms with Crippen LogP contribution in [0.3, 0.4) is 0 Å². The van der Waals surface area contributed by atoms with Crippen molar-refractivity contribution < 1.29 is 22.9 Å². The zero-order valence-corrected chi connectivity index (χ0v) is 14.3. The molecule has 0 fully saturated rings. The number of aromatic nitrogens is 3. The van der Waals surface area contributed by atoms with Crippen LogP contribution >= 0.6 is 11.8 Å². The summed E-state index contributed by atoms with van der Waals surface area (Å²) in [7, 11) is 0. The molecule has 1 N–H and O–H groups in total. The predicted molar refractivity (Wildman–Crippen MR) is 90.8 cm³/mol. The van der Waals surface area contributed by atoms with Crippen LogP contribution in [0.15, 0.2) is 41.7 Å². The maximum Gasteiger partial charge on any atom is 0.416 e. The first kappa shape index (κ1) is 18.6. The number of thioether (sulfide) groups is 1. The van der Waals surface area contributed by atoms with E-state index in [9.17, 15) is 28.1 Å². The Morgan fingerprint density at radius 2 is 2.00 bits per heavy atom. The normalized spacial score (nSPS) is 11.6. The van der Waals surface area contributed by atoms with Gasteiger partial charge in [0.2, 0.25) is 0 Å². The molecule has 27 heavy (non-hydrogen) atoms. The van der Waals surface area contributed by atoms with Gasteiger partial charge in [-0.3, -0.25) is 19.3 Å². The van der Waals surface area contributed by atoms with E-state index < -0.39 is 33.8 Å². The highest BCUT2D eigenvalue weighted by molar-refractivity contribution is 7.98. The maximum atomic E-state index is 12.8. The van der Waals surface area contributed by atoms with E-state index in [4.69, 9.17) is 0 Å². The second kappa shape index (κ2) is 6.87. The summed E-state index contributed by atoms with van der Waals surface area (Å²) in [5, 5.41) is 22.0. The molecule has 3 rings (SSSR count). The highest BCUT2D eigenvalue weighted by atomic mass is 32.2. The zero-order valence-electron chi connectivity index (χ0n) is 13.5. The quantitative estimate of drug-likeness (QED) is 0.410. The van der Waals surface area contributed by atoms with Crippen LogP contribution in [-0.4, -0.2) is 31.7 Å². The second-order valence-electron chi connectivity index (χ2n) is 5.27. The summed E-state index contributed by atoms with van der Waals surface area (Å²) in [4.78, 5) is 22.5. The third-order valence-electron chi connectivity index (χ3n) is 3.58. The summed E-state index contributed by atoms with van der Waals surface area (Å²) in [6.45, 7) is 0. The molecule has 0 unspecified atom stereocenters. The molecule has 8 nitrogen and oxygen atoms in total. The Labute approximate surface area is 153 Å². The predicted octanol–water partition coefficient (Wildman–Crippen LogP) is 3.63. The molecule has 0 spiro atoms. The summed E-state index contributed by atoms with van der Waals surface area (Å²) in [5.74, 6) is -0.909. The van der Waals surface area contributed by atoms with E-state index in [1.165, 1.54) is 24.0 Å². The Bertz CT molecular complexity index is 1050. The van der Waals surface area contributed by atoms with Gasteiger partial charge in [-0.1, -0.05) is 11.8 Å². The van der Waals surface area contributed by atoms with Crippen LogP contribution in [0.5, 0.6) is 0 Å². The largest absolute Gasteiger partial charge is 0.416 e. The lowest BCUT2D eigenvalue weighted by molar-refractivity contribution is -0.385. The Hall–Kier alpha value is -3.15. The average molecular weight is 397 g/mol. The fraction of sp³-hybridized carbons (Fsp3) is 0.133. The monoisotopic (exact) mass is 397 g/mol. The molecule has 12 heteroatoms. The topological polar surface area (TPSA) is 102 Å². The zero-order chi connectivity index (χ0) is 19.8. The number of halogens is 3. The number of nitrogens with one attached hydrogen (secondary N) is 1. The molecular formula is C15H10F3N5O3S. The van der Waals surface area contributed by atoms with Crippen LogP contribution in [0.4, 0.5) is 24.5 Å². The fourth-order valence-corrected chi connectivity index (χ4v) is 2.80. The number of nitro groups is 1. The van der Waals surface area contributed by atoms with Gasteiger partial charge in [-0.15, -0.1) is 10.2 Å².